The minimum Gasteiger partial charge on any atom is -0.465 e. The van der Waals surface area contributed by atoms with E-state index in [2.05, 4.69) is 0 Å². The lowest BCUT2D eigenvalue weighted by atomic mass is 9.86. The van der Waals surface area contributed by atoms with Crippen molar-refractivity contribution in [1.82, 2.24) is 9.88 Å². The monoisotopic (exact) mass is 468 g/mol. The number of hydrogen-bond acceptors (Lipinski definition) is 7. The molecule has 0 spiro atoms. The molecule has 2 heterocycles. The molecule has 1 aliphatic rings. The molecule has 2 aromatic heterocycles. The molecule has 0 aliphatic heterocycles. The Hall–Kier alpha value is -4.43. The van der Waals surface area contributed by atoms with Crippen LogP contribution in [0, 0.1) is 22.7 Å². The van der Waals surface area contributed by atoms with Gasteiger partial charge in [0.2, 0.25) is 0 Å². The first-order valence-corrected chi connectivity index (χ1v) is 11.5. The molecule has 1 amide bonds. The number of benzene rings is 1. The summed E-state index contributed by atoms with van der Waals surface area (Å²) in [5.74, 6) is -0.310. The Balaban J connectivity index is 1.65. The molecule has 0 bridgehead atoms. The summed E-state index contributed by atoms with van der Waals surface area (Å²) < 4.78 is 11.0. The van der Waals surface area contributed by atoms with Gasteiger partial charge < -0.3 is 14.1 Å². The molecular weight excluding hydrogens is 444 g/mol. The molecule has 1 aromatic carbocycles. The highest BCUT2D eigenvalue weighted by molar-refractivity contribution is 6.07. The van der Waals surface area contributed by atoms with Gasteiger partial charge in [0, 0.05) is 18.5 Å². The normalized spacial score (nSPS) is 13.6. The van der Waals surface area contributed by atoms with E-state index in [9.17, 15) is 9.59 Å². The molecule has 4 rings (SSSR count). The van der Waals surface area contributed by atoms with Gasteiger partial charge in [-0.1, -0.05) is 18.2 Å². The zero-order valence-corrected chi connectivity index (χ0v) is 19.2. The first kappa shape index (κ1) is 23.7. The standard InChI is InChI=1S/C27H24N4O4/c28-12-5-14-31(15-6-13-29)24(32)18-35-27(33)25-21-9-1-2-11-23(21)30-26-19(7-3-10-22(25)26)17-20-8-4-16-34-20/h1-2,4,8-9,11,16-17H,3,5-7,10,14-15,18H2/b19-17-. The van der Waals surface area contributed by atoms with Gasteiger partial charge in [-0.25, -0.2) is 9.78 Å². The Morgan fingerprint density at radius 3 is 2.57 bits per heavy atom. The van der Waals surface area contributed by atoms with Crippen LogP contribution in [0.4, 0.5) is 0 Å². The van der Waals surface area contributed by atoms with E-state index in [0.29, 0.717) is 28.6 Å². The van der Waals surface area contributed by atoms with Crippen LogP contribution in [0.25, 0.3) is 22.6 Å². The summed E-state index contributed by atoms with van der Waals surface area (Å²) in [4.78, 5) is 32.3. The van der Waals surface area contributed by atoms with Crippen molar-refractivity contribution in [3.05, 3.63) is 65.2 Å². The SMILES string of the molecule is N#CCCN(CCC#N)C(=O)COC(=O)c1c2c(nc3ccccc13)/C(=C\c1ccco1)CCC2. The molecule has 1 aliphatic carbocycles. The summed E-state index contributed by atoms with van der Waals surface area (Å²) in [5.41, 5.74) is 3.62. The fourth-order valence-corrected chi connectivity index (χ4v) is 4.28. The van der Waals surface area contributed by atoms with Gasteiger partial charge in [-0.15, -0.1) is 0 Å². The van der Waals surface area contributed by atoms with Gasteiger partial charge in [-0.2, -0.15) is 10.5 Å². The average molecular weight is 469 g/mol. The van der Waals surface area contributed by atoms with Gasteiger partial charge in [-0.05, 0) is 54.7 Å². The van der Waals surface area contributed by atoms with Crippen molar-refractivity contribution in [1.29, 1.82) is 10.5 Å². The van der Waals surface area contributed by atoms with Crippen LogP contribution < -0.4 is 0 Å². The number of hydrogen-bond donors (Lipinski definition) is 0. The summed E-state index contributed by atoms with van der Waals surface area (Å²) in [7, 11) is 0. The number of rotatable bonds is 8. The number of aromatic nitrogens is 1. The molecule has 0 N–H and O–H groups in total. The number of fused-ring (bicyclic) bond motifs is 2. The Morgan fingerprint density at radius 1 is 1.09 bits per heavy atom. The van der Waals surface area contributed by atoms with Crippen molar-refractivity contribution in [3.63, 3.8) is 0 Å². The van der Waals surface area contributed by atoms with Crippen LogP contribution in [-0.4, -0.2) is 41.5 Å². The second kappa shape index (κ2) is 11.1. The molecule has 35 heavy (non-hydrogen) atoms. The Labute approximate surface area is 203 Å². The molecule has 176 valence electrons. The minimum absolute atomic E-state index is 0.137. The Kier molecular flexibility index (Phi) is 7.54. The number of ether oxygens (including phenoxy) is 1. The molecule has 8 nitrogen and oxygen atoms in total. The highest BCUT2D eigenvalue weighted by atomic mass is 16.5. The quantitative estimate of drug-likeness (QED) is 0.446. The fourth-order valence-electron chi connectivity index (χ4n) is 4.28. The van der Waals surface area contributed by atoms with Crippen LogP contribution in [-0.2, 0) is 16.0 Å². The maximum atomic E-state index is 13.3. The predicted molar refractivity (Wildman–Crippen MR) is 129 cm³/mol. The number of esters is 1. The molecular formula is C27H24N4O4. The largest absolute Gasteiger partial charge is 0.465 e. The lowest BCUT2D eigenvalue weighted by Crippen LogP contribution is -2.36. The predicted octanol–water partition coefficient (Wildman–Crippen LogP) is 4.52. The van der Waals surface area contributed by atoms with Gasteiger partial charge in [0.25, 0.3) is 5.91 Å². The molecule has 0 unspecified atom stereocenters. The third-order valence-corrected chi connectivity index (χ3v) is 5.90. The molecule has 0 radical (unpaired) electrons. The van der Waals surface area contributed by atoms with Crippen LogP contribution >= 0.6 is 0 Å². The number of pyridine rings is 1. The summed E-state index contributed by atoms with van der Waals surface area (Å²) >= 11 is 0. The summed E-state index contributed by atoms with van der Waals surface area (Å²) in [6.45, 7) is -0.0949. The lowest BCUT2D eigenvalue weighted by Gasteiger charge is -2.23. The van der Waals surface area contributed by atoms with E-state index in [1.807, 2.05) is 54.6 Å². The first-order valence-electron chi connectivity index (χ1n) is 11.5. The maximum absolute atomic E-state index is 13.3. The van der Waals surface area contributed by atoms with E-state index in [1.165, 1.54) is 4.90 Å². The van der Waals surface area contributed by atoms with Crippen molar-refractivity contribution in [2.75, 3.05) is 19.7 Å². The fraction of sp³-hybridized carbons (Fsp3) is 0.296. The summed E-state index contributed by atoms with van der Waals surface area (Å²) in [6.07, 6.45) is 6.14. The summed E-state index contributed by atoms with van der Waals surface area (Å²) in [5, 5.41) is 18.4. The smallest absolute Gasteiger partial charge is 0.339 e. The van der Waals surface area contributed by atoms with Crippen LogP contribution in [0.2, 0.25) is 0 Å². The van der Waals surface area contributed by atoms with E-state index in [-0.39, 0.29) is 25.9 Å². The highest BCUT2D eigenvalue weighted by Gasteiger charge is 2.27. The molecule has 0 saturated heterocycles. The Morgan fingerprint density at radius 2 is 1.86 bits per heavy atom. The number of nitrogens with zero attached hydrogens (tertiary/aromatic N) is 4. The number of furan rings is 1. The third kappa shape index (κ3) is 5.39. The van der Waals surface area contributed by atoms with Crippen LogP contribution in [0.1, 0.15) is 53.1 Å². The van der Waals surface area contributed by atoms with Crippen molar-refractivity contribution < 1.29 is 18.7 Å². The van der Waals surface area contributed by atoms with Gasteiger partial charge in [0.15, 0.2) is 6.61 Å². The first-order chi connectivity index (χ1) is 17.1. The van der Waals surface area contributed by atoms with Gasteiger partial charge in [-0.3, -0.25) is 4.79 Å². The molecule has 0 fully saturated rings. The van der Waals surface area contributed by atoms with E-state index in [0.717, 1.165) is 29.7 Å². The highest BCUT2D eigenvalue weighted by Crippen LogP contribution is 2.36. The Bertz CT molecular complexity index is 1330. The van der Waals surface area contributed by atoms with Crippen LogP contribution in [0.3, 0.4) is 0 Å². The molecule has 0 saturated carbocycles. The van der Waals surface area contributed by atoms with Crippen LogP contribution in [0.5, 0.6) is 0 Å². The van der Waals surface area contributed by atoms with E-state index in [1.54, 1.807) is 6.26 Å². The number of carbonyl (C=O) groups excluding carboxylic acids is 2. The minimum atomic E-state index is -0.590. The zero-order valence-electron chi connectivity index (χ0n) is 19.2. The summed E-state index contributed by atoms with van der Waals surface area (Å²) in [6, 6.07) is 15.1. The van der Waals surface area contributed by atoms with Crippen molar-refractivity contribution >= 4 is 34.4 Å². The second-order valence-corrected chi connectivity index (χ2v) is 8.14. The van der Waals surface area contributed by atoms with Crippen molar-refractivity contribution in [2.24, 2.45) is 0 Å². The third-order valence-electron chi connectivity index (χ3n) is 5.90. The zero-order chi connectivity index (χ0) is 24.6. The number of carbonyl (C=O) groups is 2. The lowest BCUT2D eigenvalue weighted by molar-refractivity contribution is -0.134. The van der Waals surface area contributed by atoms with Gasteiger partial charge in [0.05, 0.1) is 48.0 Å². The van der Waals surface area contributed by atoms with E-state index >= 15 is 0 Å². The second-order valence-electron chi connectivity index (χ2n) is 8.14. The van der Waals surface area contributed by atoms with Crippen LogP contribution in [0.15, 0.2) is 47.1 Å². The topological polar surface area (TPSA) is 120 Å². The van der Waals surface area contributed by atoms with E-state index < -0.39 is 18.5 Å². The molecule has 3 aromatic rings. The van der Waals surface area contributed by atoms with Crippen molar-refractivity contribution in [3.8, 4) is 12.1 Å². The van der Waals surface area contributed by atoms with Crippen molar-refractivity contribution in [2.45, 2.75) is 32.1 Å². The number of nitriles is 2. The maximum Gasteiger partial charge on any atom is 0.339 e. The van der Waals surface area contributed by atoms with Gasteiger partial charge >= 0.3 is 5.97 Å². The van der Waals surface area contributed by atoms with Gasteiger partial charge in [0.1, 0.15) is 5.76 Å². The van der Waals surface area contributed by atoms with E-state index in [4.69, 9.17) is 24.7 Å². The number of allylic oxidation sites excluding steroid dienone is 1. The molecule has 0 atom stereocenters. The molecule has 8 heteroatoms. The number of amides is 1. The average Bonchev–Trinajstić information content (AvgIpc) is 3.39. The number of para-hydroxylation sites is 1.